The van der Waals surface area contributed by atoms with Gasteiger partial charge in [0, 0.05) is 12.3 Å². The van der Waals surface area contributed by atoms with Crippen molar-refractivity contribution in [3.63, 3.8) is 0 Å². The van der Waals surface area contributed by atoms with Gasteiger partial charge in [-0.25, -0.2) is 0 Å². The molecule has 120 valence electrons. The zero-order valence-electron chi connectivity index (χ0n) is 12.6. The highest BCUT2D eigenvalue weighted by molar-refractivity contribution is 6.34. The van der Waals surface area contributed by atoms with E-state index in [0.29, 0.717) is 12.3 Å². The number of amides is 2. The van der Waals surface area contributed by atoms with Crippen molar-refractivity contribution in [2.75, 3.05) is 11.9 Å². The predicted octanol–water partition coefficient (Wildman–Crippen LogP) is 3.16. The largest absolute Gasteiger partial charge is 0.366 e. The van der Waals surface area contributed by atoms with E-state index in [1.807, 2.05) is 37.3 Å². The summed E-state index contributed by atoms with van der Waals surface area (Å²) in [6.45, 7) is 2.22. The highest BCUT2D eigenvalue weighted by atomic mass is 35.5. The molecular weight excluding hydrogens is 316 g/mol. The highest BCUT2D eigenvalue weighted by Gasteiger charge is 2.21. The molecule has 3 N–H and O–H groups in total. The van der Waals surface area contributed by atoms with Gasteiger partial charge in [-0.15, -0.1) is 0 Å². The molecule has 0 fully saturated rings. The first-order chi connectivity index (χ1) is 11.0. The number of hydrogen-bond donors (Lipinski definition) is 2. The maximum absolute atomic E-state index is 12.5. The molecule has 0 radical (unpaired) electrons. The van der Waals surface area contributed by atoms with E-state index in [4.69, 9.17) is 22.1 Å². The summed E-state index contributed by atoms with van der Waals surface area (Å²) in [6.07, 6.45) is -0.726. The zero-order chi connectivity index (χ0) is 16.8. The van der Waals surface area contributed by atoms with Crippen LogP contribution in [0.4, 0.5) is 5.69 Å². The normalized spacial score (nSPS) is 11.7. The smallest absolute Gasteiger partial charge is 0.258 e. The lowest BCUT2D eigenvalue weighted by molar-refractivity contribution is -0.127. The van der Waals surface area contributed by atoms with Crippen molar-refractivity contribution in [3.8, 4) is 0 Å². The summed E-state index contributed by atoms with van der Waals surface area (Å²) in [5.74, 6) is -0.940. The van der Waals surface area contributed by atoms with E-state index in [-0.39, 0.29) is 16.5 Å². The van der Waals surface area contributed by atoms with E-state index in [2.05, 4.69) is 5.32 Å². The van der Waals surface area contributed by atoms with Crippen LogP contribution in [0.2, 0.25) is 5.02 Å². The van der Waals surface area contributed by atoms with Crippen LogP contribution in [0.3, 0.4) is 0 Å². The number of hydrogen-bond acceptors (Lipinski definition) is 3. The summed E-state index contributed by atoms with van der Waals surface area (Å²) >= 11 is 5.98. The number of carbonyl (C=O) groups excluding carboxylic acids is 2. The van der Waals surface area contributed by atoms with Crippen molar-refractivity contribution in [3.05, 3.63) is 64.7 Å². The summed E-state index contributed by atoms with van der Waals surface area (Å²) in [7, 11) is 0. The van der Waals surface area contributed by atoms with Gasteiger partial charge in [-0.1, -0.05) is 41.9 Å². The monoisotopic (exact) mass is 332 g/mol. The van der Waals surface area contributed by atoms with E-state index >= 15 is 0 Å². The molecule has 1 atom stereocenters. The molecule has 0 aliphatic carbocycles. The Bertz CT molecular complexity index is 704. The second-order valence-electron chi connectivity index (χ2n) is 4.79. The van der Waals surface area contributed by atoms with Gasteiger partial charge in [0.1, 0.15) is 0 Å². The maximum Gasteiger partial charge on any atom is 0.258 e. The number of carbonyl (C=O) groups is 2. The van der Waals surface area contributed by atoms with Crippen LogP contribution in [0.25, 0.3) is 0 Å². The van der Waals surface area contributed by atoms with Gasteiger partial charge in [-0.3, -0.25) is 9.59 Å². The zero-order valence-corrected chi connectivity index (χ0v) is 13.3. The second kappa shape index (κ2) is 7.76. The molecule has 0 unspecified atom stereocenters. The van der Waals surface area contributed by atoms with Crippen molar-refractivity contribution in [2.24, 2.45) is 5.73 Å². The van der Waals surface area contributed by atoms with Crippen LogP contribution in [-0.4, -0.2) is 18.4 Å². The van der Waals surface area contributed by atoms with Gasteiger partial charge in [0.05, 0.1) is 10.6 Å². The van der Waals surface area contributed by atoms with Gasteiger partial charge in [-0.2, -0.15) is 0 Å². The number of nitrogens with one attached hydrogen (secondary N) is 1. The number of primary amides is 1. The minimum Gasteiger partial charge on any atom is -0.366 e. The minimum absolute atomic E-state index is 0.183. The Kier molecular flexibility index (Phi) is 5.73. The fourth-order valence-corrected chi connectivity index (χ4v) is 2.39. The van der Waals surface area contributed by atoms with Crippen LogP contribution in [0, 0.1) is 0 Å². The molecule has 2 aromatic rings. The first-order valence-electron chi connectivity index (χ1n) is 7.09. The first-order valence-corrected chi connectivity index (χ1v) is 7.47. The van der Waals surface area contributed by atoms with E-state index in [0.717, 1.165) is 5.56 Å². The van der Waals surface area contributed by atoms with Gasteiger partial charge in [0.15, 0.2) is 6.10 Å². The van der Waals surface area contributed by atoms with Crippen molar-refractivity contribution in [1.82, 2.24) is 0 Å². The molecule has 0 aliphatic heterocycles. The lowest BCUT2D eigenvalue weighted by Crippen LogP contribution is -2.23. The average molecular weight is 333 g/mol. The van der Waals surface area contributed by atoms with Gasteiger partial charge >= 0.3 is 0 Å². The van der Waals surface area contributed by atoms with Crippen LogP contribution >= 0.6 is 11.6 Å². The minimum atomic E-state index is -0.726. The molecule has 0 saturated carbocycles. The molecule has 0 aliphatic rings. The number of halogens is 1. The summed E-state index contributed by atoms with van der Waals surface area (Å²) in [4.78, 5) is 23.6. The Morgan fingerprint density at radius 3 is 2.48 bits per heavy atom. The van der Waals surface area contributed by atoms with Crippen LogP contribution in [-0.2, 0) is 9.53 Å². The summed E-state index contributed by atoms with van der Waals surface area (Å²) in [6, 6.07) is 13.7. The van der Waals surface area contributed by atoms with E-state index < -0.39 is 12.0 Å². The van der Waals surface area contributed by atoms with Crippen molar-refractivity contribution < 1.29 is 14.3 Å². The fraction of sp³-hybridized carbons (Fsp3) is 0.176. The predicted molar refractivity (Wildman–Crippen MR) is 89.4 cm³/mol. The third kappa shape index (κ3) is 4.31. The third-order valence-corrected chi connectivity index (χ3v) is 3.49. The Morgan fingerprint density at radius 2 is 1.91 bits per heavy atom. The molecule has 0 saturated heterocycles. The molecule has 2 aromatic carbocycles. The Labute approximate surface area is 139 Å². The molecule has 0 heterocycles. The number of benzene rings is 2. The molecule has 0 aromatic heterocycles. The summed E-state index contributed by atoms with van der Waals surface area (Å²) in [5.41, 5.74) is 6.62. The Balaban J connectivity index is 2.19. The molecule has 0 spiro atoms. The van der Waals surface area contributed by atoms with Crippen LogP contribution < -0.4 is 11.1 Å². The summed E-state index contributed by atoms with van der Waals surface area (Å²) < 4.78 is 5.54. The maximum atomic E-state index is 12.5. The molecule has 6 heteroatoms. The molecular formula is C17H17ClN2O3. The number of rotatable bonds is 6. The number of anilines is 1. The fourth-order valence-electron chi connectivity index (χ4n) is 2.12. The van der Waals surface area contributed by atoms with Gasteiger partial charge in [-0.05, 0) is 30.7 Å². The van der Waals surface area contributed by atoms with Crippen molar-refractivity contribution in [2.45, 2.75) is 13.0 Å². The number of nitrogens with two attached hydrogens (primary N) is 1. The third-order valence-electron chi connectivity index (χ3n) is 3.18. The average Bonchev–Trinajstić information content (AvgIpc) is 2.53. The second-order valence-corrected chi connectivity index (χ2v) is 5.20. The molecule has 0 bridgehead atoms. The van der Waals surface area contributed by atoms with Crippen LogP contribution in [0.15, 0.2) is 48.5 Å². The molecule has 23 heavy (non-hydrogen) atoms. The molecule has 5 nitrogen and oxygen atoms in total. The molecule has 2 rings (SSSR count). The summed E-state index contributed by atoms with van der Waals surface area (Å²) in [5, 5.41) is 2.92. The van der Waals surface area contributed by atoms with Crippen molar-refractivity contribution >= 4 is 29.1 Å². The van der Waals surface area contributed by atoms with Crippen molar-refractivity contribution in [1.29, 1.82) is 0 Å². The Morgan fingerprint density at radius 1 is 1.22 bits per heavy atom. The number of ether oxygens (including phenoxy) is 1. The van der Waals surface area contributed by atoms with E-state index in [1.165, 1.54) is 12.1 Å². The van der Waals surface area contributed by atoms with Crippen LogP contribution in [0.5, 0.6) is 0 Å². The first kappa shape index (κ1) is 17.0. The van der Waals surface area contributed by atoms with Gasteiger partial charge in [0.2, 0.25) is 5.91 Å². The quantitative estimate of drug-likeness (QED) is 0.852. The standard InChI is InChI=1S/C17H17ClN2O3/c1-2-23-15(11-6-4-3-5-7-11)17(22)20-12-8-9-13(16(19)21)14(18)10-12/h3-10,15H,2H2,1H3,(H2,19,21)(H,20,22)/t15-/m0/s1. The van der Waals surface area contributed by atoms with E-state index in [9.17, 15) is 9.59 Å². The SMILES string of the molecule is CCO[C@H](C(=O)Nc1ccc(C(N)=O)c(Cl)c1)c1ccccc1. The lowest BCUT2D eigenvalue weighted by atomic mass is 10.1. The van der Waals surface area contributed by atoms with Gasteiger partial charge < -0.3 is 15.8 Å². The Hall–Kier alpha value is -2.37. The van der Waals surface area contributed by atoms with E-state index in [1.54, 1.807) is 6.07 Å². The van der Waals surface area contributed by atoms with Crippen LogP contribution in [0.1, 0.15) is 28.9 Å². The topological polar surface area (TPSA) is 81.4 Å². The highest BCUT2D eigenvalue weighted by Crippen LogP contribution is 2.23. The molecule has 2 amide bonds. The lowest BCUT2D eigenvalue weighted by Gasteiger charge is -2.17. The van der Waals surface area contributed by atoms with Gasteiger partial charge in [0.25, 0.3) is 5.91 Å².